The quantitative estimate of drug-likeness (QED) is 0.214. The number of methoxy groups -OCH3 is 2. The lowest BCUT2D eigenvalue weighted by Gasteiger charge is -2.15. The van der Waals surface area contributed by atoms with Crippen LogP contribution in [0.25, 0.3) is 0 Å². The molecule has 0 fully saturated rings. The molecule has 2 aromatic rings. The zero-order chi connectivity index (χ0) is 20.2. The van der Waals surface area contributed by atoms with Crippen LogP contribution < -0.4 is 29.6 Å². The van der Waals surface area contributed by atoms with Crippen LogP contribution in [-0.2, 0) is 0 Å². The highest BCUT2D eigenvalue weighted by Gasteiger charge is 2.07. The van der Waals surface area contributed by atoms with Crippen LogP contribution in [0.1, 0.15) is 13.3 Å². The van der Waals surface area contributed by atoms with Crippen molar-refractivity contribution in [3.05, 3.63) is 42.5 Å². The van der Waals surface area contributed by atoms with Gasteiger partial charge in [0.25, 0.3) is 0 Å². The fraction of sp³-hybridized carbons (Fsp3) is 0.381. The summed E-state index contributed by atoms with van der Waals surface area (Å²) in [5.41, 5.74) is 0.867. The third-order valence-corrected chi connectivity index (χ3v) is 3.89. The lowest BCUT2D eigenvalue weighted by molar-refractivity contribution is 0.310. The molecule has 0 aromatic heterocycles. The van der Waals surface area contributed by atoms with E-state index in [-0.39, 0.29) is 24.0 Å². The fourth-order valence-corrected chi connectivity index (χ4v) is 2.48. The summed E-state index contributed by atoms with van der Waals surface area (Å²) in [6.45, 7) is 3.84. The zero-order valence-corrected chi connectivity index (χ0v) is 19.7. The van der Waals surface area contributed by atoms with Crippen LogP contribution >= 0.6 is 24.0 Å². The van der Waals surface area contributed by atoms with Crippen LogP contribution in [0.4, 0.5) is 5.69 Å². The number of halogens is 1. The Morgan fingerprint density at radius 3 is 2.28 bits per heavy atom. The van der Waals surface area contributed by atoms with Gasteiger partial charge in [-0.3, -0.25) is 4.99 Å². The Hall–Kier alpha value is -2.36. The number of ether oxygens (including phenoxy) is 4. The average molecular weight is 515 g/mol. The smallest absolute Gasteiger partial charge is 0.195 e. The van der Waals surface area contributed by atoms with E-state index in [1.165, 1.54) is 0 Å². The van der Waals surface area contributed by atoms with Gasteiger partial charge in [-0.25, -0.2) is 0 Å². The molecule has 0 saturated heterocycles. The summed E-state index contributed by atoms with van der Waals surface area (Å²) in [6.07, 6.45) is 0.833. The summed E-state index contributed by atoms with van der Waals surface area (Å²) < 4.78 is 21.8. The van der Waals surface area contributed by atoms with Gasteiger partial charge in [0.2, 0.25) is 0 Å². The molecule has 0 heterocycles. The summed E-state index contributed by atoms with van der Waals surface area (Å²) in [7, 11) is 5.00. The average Bonchev–Trinajstić information content (AvgIpc) is 2.73. The van der Waals surface area contributed by atoms with Gasteiger partial charge in [-0.1, -0.05) is 0 Å². The molecule has 2 aromatic carbocycles. The van der Waals surface area contributed by atoms with Crippen LogP contribution in [0, 0.1) is 0 Å². The van der Waals surface area contributed by atoms with Crippen molar-refractivity contribution in [2.75, 3.05) is 46.3 Å². The van der Waals surface area contributed by atoms with E-state index in [4.69, 9.17) is 18.9 Å². The first kappa shape index (κ1) is 24.7. The Morgan fingerprint density at radius 1 is 0.931 bits per heavy atom. The van der Waals surface area contributed by atoms with Gasteiger partial charge in [0, 0.05) is 25.3 Å². The molecule has 2 rings (SSSR count). The fourth-order valence-electron chi connectivity index (χ4n) is 2.48. The van der Waals surface area contributed by atoms with Gasteiger partial charge < -0.3 is 29.6 Å². The van der Waals surface area contributed by atoms with Crippen molar-refractivity contribution in [2.45, 2.75) is 13.3 Å². The molecule has 29 heavy (non-hydrogen) atoms. The molecule has 0 spiro atoms. The van der Waals surface area contributed by atoms with Gasteiger partial charge in [-0.05, 0) is 49.7 Å². The lowest BCUT2D eigenvalue weighted by Crippen LogP contribution is -2.32. The van der Waals surface area contributed by atoms with E-state index in [1.807, 2.05) is 49.4 Å². The van der Waals surface area contributed by atoms with Crippen molar-refractivity contribution in [3.8, 4) is 23.0 Å². The van der Waals surface area contributed by atoms with Gasteiger partial charge >= 0.3 is 0 Å². The van der Waals surface area contributed by atoms with Crippen LogP contribution in [0.2, 0.25) is 0 Å². The van der Waals surface area contributed by atoms with E-state index in [1.54, 1.807) is 21.3 Å². The molecule has 0 saturated carbocycles. The number of guanidine groups is 1. The Balaban J connectivity index is 0.00000420. The second-order valence-corrected chi connectivity index (χ2v) is 5.80. The molecule has 0 amide bonds. The maximum Gasteiger partial charge on any atom is 0.195 e. The Kier molecular flexibility index (Phi) is 11.7. The largest absolute Gasteiger partial charge is 0.497 e. The highest BCUT2D eigenvalue weighted by Crippen LogP contribution is 2.30. The molecule has 0 aliphatic rings. The number of anilines is 1. The van der Waals surface area contributed by atoms with E-state index in [2.05, 4.69) is 15.6 Å². The zero-order valence-electron chi connectivity index (χ0n) is 17.4. The lowest BCUT2D eigenvalue weighted by atomic mass is 10.2. The molecular weight excluding hydrogens is 485 g/mol. The van der Waals surface area contributed by atoms with E-state index in [9.17, 15) is 0 Å². The van der Waals surface area contributed by atoms with Crippen molar-refractivity contribution < 1.29 is 18.9 Å². The van der Waals surface area contributed by atoms with Gasteiger partial charge in [0.05, 0.1) is 27.4 Å². The monoisotopic (exact) mass is 515 g/mol. The summed E-state index contributed by atoms with van der Waals surface area (Å²) in [5, 5.41) is 6.52. The second-order valence-electron chi connectivity index (χ2n) is 5.80. The van der Waals surface area contributed by atoms with Gasteiger partial charge in [0.1, 0.15) is 11.5 Å². The molecule has 0 bridgehead atoms. The highest BCUT2D eigenvalue weighted by molar-refractivity contribution is 14.0. The van der Waals surface area contributed by atoms with Crippen molar-refractivity contribution in [2.24, 2.45) is 4.99 Å². The summed E-state index contributed by atoms with van der Waals surface area (Å²) in [6, 6.07) is 13.2. The molecular formula is C21H30IN3O4. The number of hydrogen-bond acceptors (Lipinski definition) is 5. The highest BCUT2D eigenvalue weighted by atomic mass is 127. The molecule has 0 radical (unpaired) electrons. The summed E-state index contributed by atoms with van der Waals surface area (Å²) in [4.78, 5) is 4.24. The number of aliphatic imine (C=N–C) groups is 1. The SMILES string of the molecule is CCOc1cc(NC(=NC)NCCCOc2ccc(OC)cc2)ccc1OC.I. The maximum absolute atomic E-state index is 5.72. The van der Waals surface area contributed by atoms with Gasteiger partial charge in [0.15, 0.2) is 17.5 Å². The summed E-state index contributed by atoms with van der Waals surface area (Å²) in [5.74, 6) is 3.71. The number of nitrogens with one attached hydrogen (secondary N) is 2. The van der Waals surface area contributed by atoms with Gasteiger partial charge in [-0.2, -0.15) is 0 Å². The van der Waals surface area contributed by atoms with Crippen molar-refractivity contribution >= 4 is 35.6 Å². The molecule has 8 heteroatoms. The molecule has 0 unspecified atom stereocenters. The molecule has 0 aliphatic carbocycles. The number of rotatable bonds is 10. The predicted molar refractivity (Wildman–Crippen MR) is 128 cm³/mol. The minimum absolute atomic E-state index is 0. The minimum Gasteiger partial charge on any atom is -0.497 e. The Bertz CT molecular complexity index is 754. The third-order valence-electron chi connectivity index (χ3n) is 3.89. The molecule has 0 atom stereocenters. The first-order valence-electron chi connectivity index (χ1n) is 9.25. The first-order valence-corrected chi connectivity index (χ1v) is 9.25. The van der Waals surface area contributed by atoms with Crippen molar-refractivity contribution in [3.63, 3.8) is 0 Å². The van der Waals surface area contributed by atoms with Gasteiger partial charge in [-0.15, -0.1) is 24.0 Å². The first-order chi connectivity index (χ1) is 13.7. The normalized spacial score (nSPS) is 10.6. The van der Waals surface area contributed by atoms with E-state index in [0.717, 1.165) is 30.2 Å². The van der Waals surface area contributed by atoms with Crippen LogP contribution in [0.3, 0.4) is 0 Å². The molecule has 160 valence electrons. The standard InChI is InChI=1S/C21H29N3O4.HI/c1-5-27-20-15-16(7-12-19(20)26-4)24-21(22-2)23-13-6-14-28-18-10-8-17(25-3)9-11-18;/h7-12,15H,5-6,13-14H2,1-4H3,(H2,22,23,24);1H. The van der Waals surface area contributed by atoms with E-state index >= 15 is 0 Å². The van der Waals surface area contributed by atoms with Crippen LogP contribution in [0.15, 0.2) is 47.5 Å². The number of benzene rings is 2. The predicted octanol–water partition coefficient (Wildman–Crippen LogP) is 4.18. The van der Waals surface area contributed by atoms with Crippen LogP contribution in [-0.4, -0.2) is 47.0 Å². The van der Waals surface area contributed by atoms with E-state index < -0.39 is 0 Å². The molecule has 2 N–H and O–H groups in total. The molecule has 7 nitrogen and oxygen atoms in total. The minimum atomic E-state index is 0. The van der Waals surface area contributed by atoms with Crippen LogP contribution in [0.5, 0.6) is 23.0 Å². The third kappa shape index (κ3) is 8.26. The maximum atomic E-state index is 5.72. The topological polar surface area (TPSA) is 73.3 Å². The Morgan fingerprint density at radius 2 is 1.66 bits per heavy atom. The van der Waals surface area contributed by atoms with E-state index in [0.29, 0.717) is 30.7 Å². The summed E-state index contributed by atoms with van der Waals surface area (Å²) >= 11 is 0. The van der Waals surface area contributed by atoms with Crippen molar-refractivity contribution in [1.82, 2.24) is 5.32 Å². The number of nitrogens with zero attached hydrogens (tertiary/aromatic N) is 1. The second kappa shape index (κ2) is 13.8. The van der Waals surface area contributed by atoms with Crippen molar-refractivity contribution in [1.29, 1.82) is 0 Å². The molecule has 0 aliphatic heterocycles. The number of hydrogen-bond donors (Lipinski definition) is 2. The Labute approximate surface area is 189 Å².